The number of hydrogen-bond donors (Lipinski definition) is 1. The molecule has 0 saturated carbocycles. The molecule has 0 saturated heterocycles. The Hall–Kier alpha value is -2.37. The fourth-order valence-electron chi connectivity index (χ4n) is 1.48. The molecule has 0 radical (unpaired) electrons. The van der Waals surface area contributed by atoms with Crippen LogP contribution in [-0.2, 0) is 11.3 Å². The lowest BCUT2D eigenvalue weighted by atomic mass is 10.3. The highest BCUT2D eigenvalue weighted by atomic mass is 16.5. The lowest BCUT2D eigenvalue weighted by Gasteiger charge is -2.04. The normalized spacial score (nSPS) is 10.2. The van der Waals surface area contributed by atoms with Crippen LogP contribution in [0.3, 0.4) is 0 Å². The average molecular weight is 261 g/mol. The number of rotatable bonds is 5. The largest absolute Gasteiger partial charge is 0.462 e. The fraction of sp³-hybridized carbons (Fsp3) is 0.308. The number of carbonyl (C=O) groups is 1. The van der Waals surface area contributed by atoms with Crippen LogP contribution < -0.4 is 5.32 Å². The minimum absolute atomic E-state index is 0.350. The number of hydrogen-bond acceptors (Lipinski definition) is 6. The van der Waals surface area contributed by atoms with Crippen LogP contribution in [0.15, 0.2) is 28.9 Å². The number of anilines is 1. The number of esters is 1. The molecule has 0 atom stereocenters. The average Bonchev–Trinajstić information content (AvgIpc) is 2.83. The first-order chi connectivity index (χ1) is 9.19. The van der Waals surface area contributed by atoms with E-state index in [0.717, 1.165) is 5.76 Å². The summed E-state index contributed by atoms with van der Waals surface area (Å²) in [6.07, 6.45) is 3.13. The highest BCUT2D eigenvalue weighted by Crippen LogP contribution is 2.09. The Morgan fingerprint density at radius 3 is 2.79 bits per heavy atom. The van der Waals surface area contributed by atoms with E-state index in [9.17, 15) is 4.79 Å². The molecule has 2 aromatic heterocycles. The fourth-order valence-corrected chi connectivity index (χ4v) is 1.48. The molecule has 0 spiro atoms. The zero-order chi connectivity index (χ0) is 13.7. The van der Waals surface area contributed by atoms with Gasteiger partial charge in [-0.3, -0.25) is 0 Å². The third-order valence-electron chi connectivity index (χ3n) is 2.36. The van der Waals surface area contributed by atoms with Gasteiger partial charge in [0.2, 0.25) is 5.89 Å². The predicted octanol–water partition coefficient (Wildman–Crippen LogP) is 2.17. The molecule has 2 rings (SSSR count). The van der Waals surface area contributed by atoms with Crippen LogP contribution in [0.5, 0.6) is 0 Å². The maximum absolute atomic E-state index is 11.4. The number of carbonyl (C=O) groups excluding carboxylic acids is 1. The van der Waals surface area contributed by atoms with E-state index in [1.807, 2.05) is 6.92 Å². The molecule has 19 heavy (non-hydrogen) atoms. The summed E-state index contributed by atoms with van der Waals surface area (Å²) < 4.78 is 10.2. The maximum Gasteiger partial charge on any atom is 0.339 e. The molecule has 2 heterocycles. The first-order valence-corrected chi connectivity index (χ1v) is 5.97. The Morgan fingerprint density at radius 1 is 1.37 bits per heavy atom. The van der Waals surface area contributed by atoms with Gasteiger partial charge in [0, 0.05) is 6.20 Å². The van der Waals surface area contributed by atoms with Crippen molar-refractivity contribution in [1.82, 2.24) is 9.97 Å². The Balaban J connectivity index is 1.93. The molecular formula is C13H15N3O3. The summed E-state index contributed by atoms with van der Waals surface area (Å²) in [5.74, 6) is 1.63. The van der Waals surface area contributed by atoms with Gasteiger partial charge in [0.05, 0.1) is 24.9 Å². The summed E-state index contributed by atoms with van der Waals surface area (Å²) in [5.41, 5.74) is 0.430. The molecule has 6 heteroatoms. The zero-order valence-corrected chi connectivity index (χ0v) is 10.8. The molecule has 100 valence electrons. The van der Waals surface area contributed by atoms with Crippen molar-refractivity contribution in [3.05, 3.63) is 41.7 Å². The van der Waals surface area contributed by atoms with Crippen LogP contribution in [0.4, 0.5) is 5.82 Å². The van der Waals surface area contributed by atoms with Gasteiger partial charge in [-0.05, 0) is 26.0 Å². The summed E-state index contributed by atoms with van der Waals surface area (Å²) >= 11 is 0. The smallest absolute Gasteiger partial charge is 0.339 e. The maximum atomic E-state index is 11.4. The van der Waals surface area contributed by atoms with E-state index in [1.165, 1.54) is 6.20 Å². The van der Waals surface area contributed by atoms with Crippen molar-refractivity contribution < 1.29 is 13.9 Å². The van der Waals surface area contributed by atoms with Gasteiger partial charge < -0.3 is 14.5 Å². The van der Waals surface area contributed by atoms with Crippen LogP contribution >= 0.6 is 0 Å². The first kappa shape index (κ1) is 13.1. The molecule has 0 unspecified atom stereocenters. The molecule has 0 fully saturated rings. The number of aryl methyl sites for hydroxylation is 1. The lowest BCUT2D eigenvalue weighted by Crippen LogP contribution is -2.06. The van der Waals surface area contributed by atoms with Crippen molar-refractivity contribution >= 4 is 11.8 Å². The van der Waals surface area contributed by atoms with Gasteiger partial charge in [-0.15, -0.1) is 0 Å². The van der Waals surface area contributed by atoms with Crippen molar-refractivity contribution in [2.45, 2.75) is 20.4 Å². The van der Waals surface area contributed by atoms with E-state index in [1.54, 1.807) is 25.3 Å². The van der Waals surface area contributed by atoms with Gasteiger partial charge in [-0.2, -0.15) is 0 Å². The van der Waals surface area contributed by atoms with E-state index >= 15 is 0 Å². The molecule has 2 aromatic rings. The number of oxazole rings is 1. The third kappa shape index (κ3) is 3.54. The summed E-state index contributed by atoms with van der Waals surface area (Å²) in [6.45, 7) is 4.39. The van der Waals surface area contributed by atoms with Crippen molar-refractivity contribution in [3.8, 4) is 0 Å². The standard InChI is InChI=1S/C13H15N3O3/c1-3-18-13(17)10-4-5-11(14-7-10)15-8-12-16-6-9(2)19-12/h4-7H,3,8H2,1-2H3,(H,14,15). The van der Waals surface area contributed by atoms with Crippen LogP contribution in [-0.4, -0.2) is 22.5 Å². The minimum Gasteiger partial charge on any atom is -0.462 e. The van der Waals surface area contributed by atoms with Gasteiger partial charge >= 0.3 is 5.97 Å². The summed E-state index contributed by atoms with van der Waals surface area (Å²) in [4.78, 5) is 19.6. The van der Waals surface area contributed by atoms with Crippen molar-refractivity contribution in [2.24, 2.45) is 0 Å². The van der Waals surface area contributed by atoms with Gasteiger partial charge in [0.25, 0.3) is 0 Å². The summed E-state index contributed by atoms with van der Waals surface area (Å²) in [7, 11) is 0. The van der Waals surface area contributed by atoms with E-state index in [2.05, 4.69) is 15.3 Å². The summed E-state index contributed by atoms with van der Waals surface area (Å²) in [5, 5.41) is 3.05. The molecule has 0 aliphatic heterocycles. The molecule has 0 amide bonds. The third-order valence-corrected chi connectivity index (χ3v) is 2.36. The molecule has 1 N–H and O–H groups in total. The van der Waals surface area contributed by atoms with Gasteiger partial charge in [0.15, 0.2) is 0 Å². The number of aromatic nitrogens is 2. The van der Waals surface area contributed by atoms with E-state index in [0.29, 0.717) is 30.4 Å². The number of ether oxygens (including phenoxy) is 1. The lowest BCUT2D eigenvalue weighted by molar-refractivity contribution is 0.0526. The van der Waals surface area contributed by atoms with Crippen LogP contribution in [0, 0.1) is 6.92 Å². The van der Waals surface area contributed by atoms with Crippen molar-refractivity contribution in [2.75, 3.05) is 11.9 Å². The molecule has 0 aromatic carbocycles. The second kappa shape index (κ2) is 5.99. The predicted molar refractivity (Wildman–Crippen MR) is 68.8 cm³/mol. The molecule has 0 aliphatic carbocycles. The Bertz CT molecular complexity index is 549. The van der Waals surface area contributed by atoms with E-state index in [4.69, 9.17) is 9.15 Å². The topological polar surface area (TPSA) is 77.2 Å². The van der Waals surface area contributed by atoms with E-state index < -0.39 is 0 Å². The molecular weight excluding hydrogens is 246 g/mol. The van der Waals surface area contributed by atoms with Crippen molar-refractivity contribution in [3.63, 3.8) is 0 Å². The molecule has 6 nitrogen and oxygen atoms in total. The van der Waals surface area contributed by atoms with Gasteiger partial charge in [-0.25, -0.2) is 14.8 Å². The van der Waals surface area contributed by atoms with Gasteiger partial charge in [-0.1, -0.05) is 0 Å². The quantitative estimate of drug-likeness (QED) is 0.831. The Morgan fingerprint density at radius 2 is 2.21 bits per heavy atom. The monoisotopic (exact) mass is 261 g/mol. The zero-order valence-electron chi connectivity index (χ0n) is 10.8. The molecule has 0 bridgehead atoms. The second-order valence-corrected chi connectivity index (χ2v) is 3.87. The Kier molecular flexibility index (Phi) is 4.12. The number of nitrogens with zero attached hydrogens (tertiary/aromatic N) is 2. The van der Waals surface area contributed by atoms with Gasteiger partial charge in [0.1, 0.15) is 11.6 Å². The summed E-state index contributed by atoms with van der Waals surface area (Å²) in [6, 6.07) is 3.37. The highest BCUT2D eigenvalue weighted by Gasteiger charge is 2.07. The SMILES string of the molecule is CCOC(=O)c1ccc(NCc2ncc(C)o2)nc1. The highest BCUT2D eigenvalue weighted by molar-refractivity contribution is 5.89. The van der Waals surface area contributed by atoms with Crippen molar-refractivity contribution in [1.29, 1.82) is 0 Å². The molecule has 0 aliphatic rings. The minimum atomic E-state index is -0.370. The van der Waals surface area contributed by atoms with Crippen LogP contribution in [0.25, 0.3) is 0 Å². The van der Waals surface area contributed by atoms with E-state index in [-0.39, 0.29) is 5.97 Å². The number of pyridine rings is 1. The second-order valence-electron chi connectivity index (χ2n) is 3.87. The number of nitrogens with one attached hydrogen (secondary N) is 1. The van der Waals surface area contributed by atoms with Crippen LogP contribution in [0.1, 0.15) is 28.9 Å². The Labute approximate surface area is 110 Å². The first-order valence-electron chi connectivity index (χ1n) is 5.97. The van der Waals surface area contributed by atoms with Crippen LogP contribution in [0.2, 0.25) is 0 Å².